The van der Waals surface area contributed by atoms with Crippen LogP contribution in [0.2, 0.25) is 0 Å². The van der Waals surface area contributed by atoms with Crippen LogP contribution in [0.25, 0.3) is 15.9 Å². The van der Waals surface area contributed by atoms with Crippen LogP contribution in [0.1, 0.15) is 36.7 Å². The molecular formula is C29H29FN6O. The SMILES string of the molecule is [C-]#[N+]c1ccc2c(n1)c(N1C[C@@H](C)N(C(c3ccc(C)cc3)c3ccc(F)cn3)C[C@@H]1C)cc(=O)n2C. The molecule has 5 rings (SSSR count). The first-order valence-electron chi connectivity index (χ1n) is 12.4. The molecule has 1 aliphatic heterocycles. The molecule has 8 heteroatoms. The standard InChI is InChI=1S/C29H29FN6O/c1-18-6-8-21(9-7-18)29(23-11-10-22(30)15-32-23)36-17-19(2)35(16-20(36)3)25-14-27(37)34(5)24-12-13-26(31-4)33-28(24)25/h6-15,19-20,29H,16-17H2,1-3,5H3/t19-,20+,29?/m0/s1. The van der Waals surface area contributed by atoms with Gasteiger partial charge in [0.1, 0.15) is 5.82 Å². The zero-order valence-electron chi connectivity index (χ0n) is 21.4. The zero-order valence-corrected chi connectivity index (χ0v) is 21.4. The quantitative estimate of drug-likeness (QED) is 0.372. The molecule has 3 aromatic heterocycles. The van der Waals surface area contributed by atoms with Gasteiger partial charge < -0.3 is 14.3 Å². The summed E-state index contributed by atoms with van der Waals surface area (Å²) in [6.07, 6.45) is 1.27. The van der Waals surface area contributed by atoms with Crippen LogP contribution in [0, 0.1) is 19.3 Å². The largest absolute Gasteiger partial charge is 0.362 e. The van der Waals surface area contributed by atoms with E-state index < -0.39 is 0 Å². The van der Waals surface area contributed by atoms with Gasteiger partial charge in [-0.3, -0.25) is 14.7 Å². The van der Waals surface area contributed by atoms with Crippen LogP contribution in [0.3, 0.4) is 0 Å². The van der Waals surface area contributed by atoms with E-state index in [0.717, 1.165) is 16.9 Å². The molecule has 1 aliphatic rings. The number of hydrogen-bond donors (Lipinski definition) is 0. The summed E-state index contributed by atoms with van der Waals surface area (Å²) in [6, 6.07) is 16.6. The molecule has 0 N–H and O–H groups in total. The van der Waals surface area contributed by atoms with Gasteiger partial charge in [-0.05, 0) is 50.6 Å². The zero-order chi connectivity index (χ0) is 26.3. The number of aromatic nitrogens is 3. The van der Waals surface area contributed by atoms with Gasteiger partial charge >= 0.3 is 0 Å². The van der Waals surface area contributed by atoms with Crippen LogP contribution >= 0.6 is 0 Å². The lowest BCUT2D eigenvalue weighted by Gasteiger charge is -2.48. The van der Waals surface area contributed by atoms with Crippen LogP contribution in [0.5, 0.6) is 0 Å². The summed E-state index contributed by atoms with van der Waals surface area (Å²) in [6.45, 7) is 15.1. The highest BCUT2D eigenvalue weighted by molar-refractivity contribution is 5.89. The number of nitrogens with zero attached hydrogens (tertiary/aromatic N) is 6. The van der Waals surface area contributed by atoms with Crippen molar-refractivity contribution in [2.24, 2.45) is 7.05 Å². The van der Waals surface area contributed by atoms with E-state index in [2.05, 4.69) is 69.6 Å². The number of piperazine rings is 1. The first kappa shape index (κ1) is 24.6. The third-order valence-corrected chi connectivity index (χ3v) is 7.27. The highest BCUT2D eigenvalue weighted by Gasteiger charge is 2.36. The van der Waals surface area contributed by atoms with Crippen LogP contribution < -0.4 is 10.5 Å². The van der Waals surface area contributed by atoms with Gasteiger partial charge in [-0.25, -0.2) is 4.39 Å². The lowest BCUT2D eigenvalue weighted by molar-refractivity contribution is 0.128. The van der Waals surface area contributed by atoms with Crippen molar-refractivity contribution in [3.8, 4) is 0 Å². The summed E-state index contributed by atoms with van der Waals surface area (Å²) in [5.41, 5.74) is 5.04. The van der Waals surface area contributed by atoms with Crippen molar-refractivity contribution in [2.45, 2.75) is 38.9 Å². The molecule has 0 saturated carbocycles. The average molecular weight is 497 g/mol. The summed E-state index contributed by atoms with van der Waals surface area (Å²) in [5, 5.41) is 0. The predicted molar refractivity (Wildman–Crippen MR) is 143 cm³/mol. The van der Waals surface area contributed by atoms with Crippen molar-refractivity contribution >= 4 is 22.5 Å². The maximum absolute atomic E-state index is 13.7. The Hall–Kier alpha value is -4.09. The smallest absolute Gasteiger partial charge is 0.270 e. The van der Waals surface area contributed by atoms with E-state index in [9.17, 15) is 9.18 Å². The maximum Gasteiger partial charge on any atom is 0.270 e. The van der Waals surface area contributed by atoms with Gasteiger partial charge in [-0.2, -0.15) is 0 Å². The number of benzene rings is 1. The van der Waals surface area contributed by atoms with E-state index in [1.807, 2.05) is 0 Å². The van der Waals surface area contributed by atoms with Crippen molar-refractivity contribution < 1.29 is 4.39 Å². The fraction of sp³-hybridized carbons (Fsp3) is 0.310. The molecule has 1 aromatic carbocycles. The van der Waals surface area contributed by atoms with Crippen LogP contribution in [0.4, 0.5) is 15.9 Å². The fourth-order valence-corrected chi connectivity index (χ4v) is 5.26. The highest BCUT2D eigenvalue weighted by atomic mass is 19.1. The van der Waals surface area contributed by atoms with Gasteiger partial charge in [0.15, 0.2) is 0 Å². The second-order valence-corrected chi connectivity index (χ2v) is 9.84. The average Bonchev–Trinajstić information content (AvgIpc) is 2.90. The van der Waals surface area contributed by atoms with Gasteiger partial charge in [0.05, 0.1) is 29.1 Å². The van der Waals surface area contributed by atoms with E-state index in [1.165, 1.54) is 17.8 Å². The van der Waals surface area contributed by atoms with Crippen molar-refractivity contribution in [1.29, 1.82) is 0 Å². The van der Waals surface area contributed by atoms with Gasteiger partial charge in [0.25, 0.3) is 11.4 Å². The van der Waals surface area contributed by atoms with Crippen LogP contribution in [-0.4, -0.2) is 44.6 Å². The molecule has 0 aliphatic carbocycles. The van der Waals surface area contributed by atoms with Crippen LogP contribution in [-0.2, 0) is 7.05 Å². The fourth-order valence-electron chi connectivity index (χ4n) is 5.26. The summed E-state index contributed by atoms with van der Waals surface area (Å²) in [4.78, 5) is 30.0. The van der Waals surface area contributed by atoms with E-state index in [4.69, 9.17) is 6.57 Å². The summed E-state index contributed by atoms with van der Waals surface area (Å²) < 4.78 is 15.3. The lowest BCUT2D eigenvalue weighted by atomic mass is 9.95. The Balaban J connectivity index is 1.55. The van der Waals surface area contributed by atoms with E-state index in [-0.39, 0.29) is 29.5 Å². The number of aryl methyl sites for hydroxylation is 2. The van der Waals surface area contributed by atoms with E-state index in [0.29, 0.717) is 29.9 Å². The predicted octanol–water partition coefficient (Wildman–Crippen LogP) is 5.02. The Morgan fingerprint density at radius 2 is 1.81 bits per heavy atom. The van der Waals surface area contributed by atoms with Gasteiger partial charge in [0, 0.05) is 38.3 Å². The third kappa shape index (κ3) is 4.58. The van der Waals surface area contributed by atoms with Crippen LogP contribution in [0.15, 0.2) is 65.6 Å². The topological polar surface area (TPSA) is 58.6 Å². The van der Waals surface area contributed by atoms with Crippen molar-refractivity contribution in [3.63, 3.8) is 0 Å². The molecule has 1 saturated heterocycles. The van der Waals surface area contributed by atoms with E-state index >= 15 is 0 Å². The monoisotopic (exact) mass is 496 g/mol. The van der Waals surface area contributed by atoms with Gasteiger partial charge in [-0.1, -0.05) is 36.4 Å². The molecule has 0 amide bonds. The summed E-state index contributed by atoms with van der Waals surface area (Å²) in [7, 11) is 1.72. The molecular weight excluding hydrogens is 467 g/mol. The van der Waals surface area contributed by atoms with Crippen molar-refractivity contribution in [1.82, 2.24) is 19.4 Å². The molecule has 4 aromatic rings. The number of rotatable bonds is 4. The van der Waals surface area contributed by atoms with Crippen molar-refractivity contribution in [3.05, 3.63) is 105 Å². The Kier molecular flexibility index (Phi) is 6.48. The number of hydrogen-bond acceptors (Lipinski definition) is 5. The maximum atomic E-state index is 13.7. The van der Waals surface area contributed by atoms with Crippen molar-refractivity contribution in [2.75, 3.05) is 18.0 Å². The summed E-state index contributed by atoms with van der Waals surface area (Å²) in [5.74, 6) is -0.0602. The number of fused-ring (bicyclic) bond motifs is 1. The van der Waals surface area contributed by atoms with Gasteiger partial charge in [0.2, 0.25) is 5.52 Å². The minimum absolute atomic E-state index is 0.0401. The first-order chi connectivity index (χ1) is 17.8. The first-order valence-corrected chi connectivity index (χ1v) is 12.4. The highest BCUT2D eigenvalue weighted by Crippen LogP contribution is 2.35. The lowest BCUT2D eigenvalue weighted by Crippen LogP contribution is -2.57. The second kappa shape index (κ2) is 9.75. The molecule has 37 heavy (non-hydrogen) atoms. The normalized spacial score (nSPS) is 19.1. The molecule has 3 atom stereocenters. The molecule has 1 fully saturated rings. The Bertz CT molecular complexity index is 1500. The third-order valence-electron chi connectivity index (χ3n) is 7.27. The molecule has 0 radical (unpaired) electrons. The molecule has 188 valence electrons. The van der Waals surface area contributed by atoms with Gasteiger partial charge in [-0.15, -0.1) is 4.98 Å². The molecule has 7 nitrogen and oxygen atoms in total. The Morgan fingerprint density at radius 3 is 2.49 bits per heavy atom. The van der Waals surface area contributed by atoms with E-state index in [1.54, 1.807) is 35.9 Å². The molecule has 0 spiro atoms. The molecule has 4 heterocycles. The second-order valence-electron chi connectivity index (χ2n) is 9.84. The Labute approximate surface area is 215 Å². The number of pyridine rings is 3. The molecule has 0 bridgehead atoms. The minimum atomic E-state index is -0.360. The minimum Gasteiger partial charge on any atom is -0.362 e. The Morgan fingerprint density at radius 1 is 1.05 bits per heavy atom. The summed E-state index contributed by atoms with van der Waals surface area (Å²) >= 11 is 0. The number of halogens is 1. The number of anilines is 1. The molecule has 1 unspecified atom stereocenters.